The number of hydrogen-bond acceptors (Lipinski definition) is 6. The number of fused-ring (bicyclic) bond motifs is 10. The summed E-state index contributed by atoms with van der Waals surface area (Å²) >= 11 is 0. The Labute approximate surface area is 644 Å². The highest BCUT2D eigenvalue weighted by molar-refractivity contribution is 7.06. The first kappa shape index (κ1) is 64.9. The van der Waals surface area contributed by atoms with Crippen LogP contribution in [0.1, 0.15) is 0 Å². The summed E-state index contributed by atoms with van der Waals surface area (Å²) < 4.78 is 142. The topological polar surface area (TPSA) is 25.4 Å². The summed E-state index contributed by atoms with van der Waals surface area (Å²) in [5.74, 6) is -5.71. The van der Waals surface area contributed by atoms with Crippen molar-refractivity contribution < 1.29 is 39.9 Å². The second-order valence-electron chi connectivity index (χ2n) is 29.7. The van der Waals surface area contributed by atoms with Gasteiger partial charge in [0.05, 0.1) is 34.1 Å². The number of anilines is 15. The molecule has 0 N–H and O–H groups in total. The maximum Gasteiger partial charge on any atom is 0.252 e. The van der Waals surface area contributed by atoms with E-state index in [9.17, 15) is 0 Å². The van der Waals surface area contributed by atoms with E-state index in [2.05, 4.69) is 65.6 Å². The van der Waals surface area contributed by atoms with Gasteiger partial charge in [-0.25, -0.2) is 35.1 Å². The molecule has 0 radical (unpaired) electrons. The molecule has 16 aromatic rings. The summed E-state index contributed by atoms with van der Waals surface area (Å²) in [4.78, 5) is 9.76. The first-order valence-electron chi connectivity index (χ1n) is 37.3. The molecule has 0 saturated carbocycles. The molecule has 6 nitrogen and oxygen atoms in total. The van der Waals surface area contributed by atoms with Gasteiger partial charge >= 0.3 is 0 Å². The molecule has 0 aliphatic carbocycles. The summed E-state index contributed by atoms with van der Waals surface area (Å²) in [7, 11) is 0. The van der Waals surface area contributed by atoms with E-state index in [4.69, 9.17) is 4.74 Å². The van der Waals surface area contributed by atoms with Crippen LogP contribution in [0.5, 0.6) is 11.5 Å². The average molecular weight is 1480 g/mol. The van der Waals surface area contributed by atoms with Crippen molar-refractivity contribution in [3.8, 4) is 67.1 Å². The second kappa shape index (κ2) is 24.2. The lowest BCUT2D eigenvalue weighted by atomic mass is 9.27. The van der Waals surface area contributed by atoms with Crippen LogP contribution in [0.4, 0.5) is 120 Å². The van der Waals surface area contributed by atoms with Crippen molar-refractivity contribution in [1.29, 1.82) is 0 Å². The van der Waals surface area contributed by atoms with Crippen LogP contribution in [0, 0.1) is 46.5 Å². The predicted octanol–water partition coefficient (Wildman–Crippen LogP) is 20.0. The molecule has 0 bridgehead atoms. The van der Waals surface area contributed by atoms with E-state index in [-0.39, 0.29) is 22.7 Å². The first-order chi connectivity index (χ1) is 55.3. The van der Waals surface area contributed by atoms with Gasteiger partial charge in [0.15, 0.2) is 11.5 Å². The summed E-state index contributed by atoms with van der Waals surface area (Å²) in [5, 5.41) is 0. The number of halogens is 8. The SMILES string of the molecule is Fc1cc(F)cc(N2c3cc(-c4ccccc4)ccc3B3c4cc5c(cc4N(c4cc(F)cc(F)c4)c4cc(-c6ccccc6)cc2c43)N(c2cc(F)cc(F)c2)c2cc3c4c6c2B5c2ccc(-c5ccccc5)c5c2N6c2c(ccc(-c6ccccc6)c2O5)B4c2ccc(-c4ccccc4)cc2N3c2cc(F)cc(F)c2)c1. The highest BCUT2D eigenvalue weighted by Gasteiger charge is 2.56. The molecule has 0 spiro atoms. The van der Waals surface area contributed by atoms with Crippen LogP contribution in [0.2, 0.25) is 0 Å². The van der Waals surface area contributed by atoms with Crippen molar-refractivity contribution in [2.75, 3.05) is 24.5 Å². The lowest BCUT2D eigenvalue weighted by molar-refractivity contribution is 0.481. The maximum atomic E-state index is 17.1. The van der Waals surface area contributed by atoms with Gasteiger partial charge in [-0.1, -0.05) is 206 Å². The zero-order chi connectivity index (χ0) is 75.5. The van der Waals surface area contributed by atoms with Crippen LogP contribution in [-0.4, -0.2) is 20.1 Å². The molecule has 113 heavy (non-hydrogen) atoms. The van der Waals surface area contributed by atoms with E-state index in [1.807, 2.05) is 202 Å². The fraction of sp³-hybridized carbons (Fsp3) is 0. The Morgan fingerprint density at radius 3 is 0.841 bits per heavy atom. The van der Waals surface area contributed by atoms with Crippen molar-refractivity contribution in [1.82, 2.24) is 0 Å². The molecule has 0 amide bonds. The Bertz CT molecular complexity index is 6760. The van der Waals surface area contributed by atoms with Gasteiger partial charge in [-0.3, -0.25) is 0 Å². The minimum atomic E-state index is -0.888. The normalized spacial score (nSPS) is 13.6. The Balaban J connectivity index is 0.889. The lowest BCUT2D eigenvalue weighted by Crippen LogP contribution is -2.69. The quantitative estimate of drug-likeness (QED) is 0.106. The molecule has 7 aliphatic rings. The van der Waals surface area contributed by atoms with Crippen molar-refractivity contribution in [3.05, 3.63) is 362 Å². The summed E-state index contributed by atoms with van der Waals surface area (Å²) in [5.41, 5.74) is 21.3. The highest BCUT2D eigenvalue weighted by atomic mass is 19.2. The Morgan fingerprint density at radius 2 is 0.478 bits per heavy atom. The molecule has 23 rings (SSSR count). The minimum absolute atomic E-state index is 0.0619. The molecule has 7 aliphatic heterocycles. The third-order valence-electron chi connectivity index (χ3n) is 23.5. The lowest BCUT2D eigenvalue weighted by Gasteiger charge is -2.53. The molecule has 17 heteroatoms. The third kappa shape index (κ3) is 9.63. The molecule has 0 aromatic heterocycles. The van der Waals surface area contributed by atoms with Gasteiger partial charge in [0.2, 0.25) is 0 Å². The maximum absolute atomic E-state index is 17.1. The van der Waals surface area contributed by atoms with Crippen LogP contribution in [0.3, 0.4) is 0 Å². The molecule has 0 fully saturated rings. The largest absolute Gasteiger partial charge is 0.452 e. The van der Waals surface area contributed by atoms with Crippen LogP contribution in [0.15, 0.2) is 315 Å². The van der Waals surface area contributed by atoms with E-state index in [0.717, 1.165) is 107 Å². The van der Waals surface area contributed by atoms with Gasteiger partial charge < -0.3 is 29.2 Å². The minimum Gasteiger partial charge on any atom is -0.452 e. The zero-order valence-corrected chi connectivity index (χ0v) is 59.4. The van der Waals surface area contributed by atoms with Gasteiger partial charge in [0, 0.05) is 86.6 Å². The van der Waals surface area contributed by atoms with Crippen molar-refractivity contribution in [3.63, 3.8) is 0 Å². The van der Waals surface area contributed by atoms with Crippen LogP contribution >= 0.6 is 0 Å². The Morgan fingerprint density at radius 1 is 0.195 bits per heavy atom. The molecular formula is C96H52B3F8N5O. The fourth-order valence-corrected chi connectivity index (χ4v) is 19.2. The van der Waals surface area contributed by atoms with Gasteiger partial charge in [0.25, 0.3) is 20.1 Å². The predicted molar refractivity (Wildman–Crippen MR) is 441 cm³/mol. The van der Waals surface area contributed by atoms with E-state index in [1.165, 1.54) is 48.5 Å². The smallest absolute Gasteiger partial charge is 0.252 e. The fourth-order valence-electron chi connectivity index (χ4n) is 19.2. The molecule has 7 heterocycles. The third-order valence-corrected chi connectivity index (χ3v) is 23.5. The van der Waals surface area contributed by atoms with Crippen molar-refractivity contribution in [2.45, 2.75) is 0 Å². The van der Waals surface area contributed by atoms with E-state index in [0.29, 0.717) is 95.8 Å². The van der Waals surface area contributed by atoms with Gasteiger partial charge in [-0.05, 0) is 179 Å². The summed E-state index contributed by atoms with van der Waals surface area (Å²) in [6.45, 7) is -2.24. The van der Waals surface area contributed by atoms with Gasteiger partial charge in [0.1, 0.15) is 46.5 Å². The van der Waals surface area contributed by atoms with Crippen LogP contribution < -0.4 is 78.4 Å². The molecule has 0 atom stereocenters. The second-order valence-corrected chi connectivity index (χ2v) is 29.7. The number of nitrogens with zero attached hydrogens (tertiary/aromatic N) is 5. The molecule has 532 valence electrons. The average Bonchev–Trinajstić information content (AvgIpc) is 0.654. The van der Waals surface area contributed by atoms with Crippen LogP contribution in [0.25, 0.3) is 55.6 Å². The standard InChI is InChI=1S/C96H52B3F8N5O/c100-61-38-62(101)43-69(42-61)108-82-35-59(54-18-8-2-9-19-54)27-31-76(82)98-79-50-80-84(51-83(79)110(71-46-65(104)40-66(105)47-71)86-37-60(36-85(108)89(86)98)55-20-10-3-11-21-55)111(72-48-67(106)41-68(107)49-72)88-52-87-90-94-91(88)99(80)78-33-29-74(57-24-14-5-15-25-57)96-93(78)112(94)92-77(32-28-73(95(92)113-96)56-22-12-4-13-23-56)97(90)75-30-26-58(53-16-6-1-7-17-53)34-81(75)109(87)70-44-63(102)39-64(103)45-70/h1-52H. The molecular weight excluding hydrogens is 1420 g/mol. The Kier molecular flexibility index (Phi) is 13.9. The Hall–Kier alpha value is -14.0. The monoisotopic (exact) mass is 1480 g/mol. The van der Waals surface area contributed by atoms with Crippen molar-refractivity contribution >= 4 is 155 Å². The van der Waals surface area contributed by atoms with E-state index >= 15 is 35.1 Å². The first-order valence-corrected chi connectivity index (χ1v) is 37.3. The molecule has 0 saturated heterocycles. The number of hydrogen-bond donors (Lipinski definition) is 0. The molecule has 0 unspecified atom stereocenters. The summed E-state index contributed by atoms with van der Waals surface area (Å²) in [6.07, 6.45) is 0. The van der Waals surface area contributed by atoms with E-state index < -0.39 is 66.7 Å². The summed E-state index contributed by atoms with van der Waals surface area (Å²) in [6, 6.07) is 93.9. The van der Waals surface area contributed by atoms with Gasteiger partial charge in [-0.2, -0.15) is 0 Å². The van der Waals surface area contributed by atoms with Gasteiger partial charge in [-0.15, -0.1) is 0 Å². The number of rotatable bonds is 9. The zero-order valence-electron chi connectivity index (χ0n) is 59.4. The number of benzene rings is 16. The van der Waals surface area contributed by atoms with Crippen LogP contribution in [-0.2, 0) is 0 Å². The molecule has 16 aromatic carbocycles. The number of ether oxygens (including phenoxy) is 1. The van der Waals surface area contributed by atoms with E-state index in [1.54, 1.807) is 0 Å². The highest BCUT2D eigenvalue weighted by Crippen LogP contribution is 2.61. The van der Waals surface area contributed by atoms with Crippen molar-refractivity contribution in [2.24, 2.45) is 0 Å².